The quantitative estimate of drug-likeness (QED) is 0.865. The molecule has 0 spiro atoms. The number of pyridine rings is 1. The SMILES string of the molecule is CNC(=O)c1cnc2cc(Br)sc2c1. The van der Waals surface area contributed by atoms with Crippen molar-refractivity contribution < 1.29 is 4.79 Å². The fourth-order valence-corrected chi connectivity index (χ4v) is 2.68. The highest BCUT2D eigenvalue weighted by atomic mass is 79.9. The number of hydrogen-bond acceptors (Lipinski definition) is 3. The van der Waals surface area contributed by atoms with Gasteiger partial charge in [-0.15, -0.1) is 11.3 Å². The average Bonchev–Trinajstić information content (AvgIpc) is 2.55. The van der Waals surface area contributed by atoms with Crippen LogP contribution in [-0.2, 0) is 0 Å². The van der Waals surface area contributed by atoms with E-state index in [9.17, 15) is 4.79 Å². The predicted molar refractivity (Wildman–Crippen MR) is 60.7 cm³/mol. The summed E-state index contributed by atoms with van der Waals surface area (Å²) in [6.45, 7) is 0. The van der Waals surface area contributed by atoms with Crippen LogP contribution in [0.2, 0.25) is 0 Å². The summed E-state index contributed by atoms with van der Waals surface area (Å²) in [7, 11) is 1.61. The summed E-state index contributed by atoms with van der Waals surface area (Å²) in [5.41, 5.74) is 1.50. The maximum absolute atomic E-state index is 11.3. The fraction of sp³-hybridized carbons (Fsp3) is 0.111. The van der Waals surface area contributed by atoms with Gasteiger partial charge in [0.2, 0.25) is 0 Å². The first kappa shape index (κ1) is 9.61. The summed E-state index contributed by atoms with van der Waals surface area (Å²) in [4.78, 5) is 15.5. The van der Waals surface area contributed by atoms with Crippen LogP contribution in [0.5, 0.6) is 0 Å². The lowest BCUT2D eigenvalue weighted by molar-refractivity contribution is 0.0963. The van der Waals surface area contributed by atoms with E-state index in [0.29, 0.717) is 5.56 Å². The van der Waals surface area contributed by atoms with Gasteiger partial charge in [0, 0.05) is 13.2 Å². The van der Waals surface area contributed by atoms with E-state index in [1.165, 1.54) is 0 Å². The van der Waals surface area contributed by atoms with Gasteiger partial charge in [0.25, 0.3) is 5.91 Å². The van der Waals surface area contributed by atoms with Crippen LogP contribution in [0.4, 0.5) is 0 Å². The topological polar surface area (TPSA) is 42.0 Å². The summed E-state index contributed by atoms with van der Waals surface area (Å²) in [6, 6.07) is 3.78. The number of amides is 1. The van der Waals surface area contributed by atoms with Crippen LogP contribution in [0.3, 0.4) is 0 Å². The van der Waals surface area contributed by atoms with Gasteiger partial charge < -0.3 is 5.32 Å². The number of thiophene rings is 1. The van der Waals surface area contributed by atoms with Gasteiger partial charge in [-0.05, 0) is 28.1 Å². The van der Waals surface area contributed by atoms with Crippen molar-refractivity contribution >= 4 is 43.4 Å². The first-order valence-corrected chi connectivity index (χ1v) is 5.59. The molecule has 0 saturated carbocycles. The molecule has 0 aliphatic heterocycles. The van der Waals surface area contributed by atoms with E-state index in [1.54, 1.807) is 24.6 Å². The molecule has 0 unspecified atom stereocenters. The Labute approximate surface area is 93.3 Å². The van der Waals surface area contributed by atoms with Gasteiger partial charge in [-0.25, -0.2) is 0 Å². The lowest BCUT2D eigenvalue weighted by atomic mass is 10.2. The number of rotatable bonds is 1. The van der Waals surface area contributed by atoms with Gasteiger partial charge in [-0.1, -0.05) is 0 Å². The van der Waals surface area contributed by atoms with E-state index in [2.05, 4.69) is 26.2 Å². The number of carbonyl (C=O) groups excluding carboxylic acids is 1. The number of hydrogen-bond donors (Lipinski definition) is 1. The van der Waals surface area contributed by atoms with Gasteiger partial charge in [0.15, 0.2) is 0 Å². The molecule has 0 bridgehead atoms. The Balaban J connectivity index is 2.55. The van der Waals surface area contributed by atoms with Crippen LogP contribution in [0.1, 0.15) is 10.4 Å². The highest BCUT2D eigenvalue weighted by Gasteiger charge is 2.06. The molecule has 1 amide bonds. The van der Waals surface area contributed by atoms with Gasteiger partial charge in [0.1, 0.15) is 0 Å². The molecule has 0 radical (unpaired) electrons. The number of carbonyl (C=O) groups is 1. The van der Waals surface area contributed by atoms with E-state index >= 15 is 0 Å². The van der Waals surface area contributed by atoms with Crippen molar-refractivity contribution in [3.63, 3.8) is 0 Å². The minimum atomic E-state index is -0.107. The molecule has 0 atom stereocenters. The van der Waals surface area contributed by atoms with E-state index in [4.69, 9.17) is 0 Å². The molecule has 5 heteroatoms. The molecular weight excluding hydrogens is 264 g/mol. The lowest BCUT2D eigenvalue weighted by Gasteiger charge is -1.97. The van der Waals surface area contributed by atoms with E-state index in [1.807, 2.05) is 12.1 Å². The number of halogens is 1. The maximum atomic E-state index is 11.3. The third-order valence-electron chi connectivity index (χ3n) is 1.83. The second kappa shape index (κ2) is 3.67. The minimum absolute atomic E-state index is 0.107. The summed E-state index contributed by atoms with van der Waals surface area (Å²) < 4.78 is 2.03. The van der Waals surface area contributed by atoms with Crippen LogP contribution >= 0.6 is 27.3 Å². The van der Waals surface area contributed by atoms with E-state index < -0.39 is 0 Å². The van der Waals surface area contributed by atoms with Crippen LogP contribution < -0.4 is 5.32 Å². The zero-order valence-electron chi connectivity index (χ0n) is 7.37. The third-order valence-corrected chi connectivity index (χ3v) is 3.40. The molecule has 2 heterocycles. The Morgan fingerprint density at radius 3 is 3.07 bits per heavy atom. The Kier molecular flexibility index (Phi) is 2.52. The zero-order chi connectivity index (χ0) is 10.1. The average molecular weight is 271 g/mol. The molecule has 0 fully saturated rings. The van der Waals surface area contributed by atoms with Crippen LogP contribution in [0, 0.1) is 0 Å². The molecule has 14 heavy (non-hydrogen) atoms. The zero-order valence-corrected chi connectivity index (χ0v) is 9.78. The molecule has 0 aliphatic rings. The van der Waals surface area contributed by atoms with Crippen molar-refractivity contribution in [3.8, 4) is 0 Å². The predicted octanol–water partition coefficient (Wildman–Crippen LogP) is 2.42. The normalized spacial score (nSPS) is 10.4. The molecule has 0 aromatic carbocycles. The summed E-state index contributed by atoms with van der Waals surface area (Å²) >= 11 is 4.95. The first-order valence-electron chi connectivity index (χ1n) is 3.98. The molecule has 72 valence electrons. The third kappa shape index (κ3) is 1.65. The lowest BCUT2D eigenvalue weighted by Crippen LogP contribution is -2.17. The summed E-state index contributed by atoms with van der Waals surface area (Å²) in [5, 5.41) is 2.57. The standard InChI is InChI=1S/C9H7BrN2OS/c1-11-9(13)5-2-7-6(12-4-5)3-8(10)14-7/h2-4H,1H3,(H,11,13). The summed E-state index contributed by atoms with van der Waals surface area (Å²) in [5.74, 6) is -0.107. The molecular formula is C9H7BrN2OS. The molecule has 0 aliphatic carbocycles. The van der Waals surface area contributed by atoms with Gasteiger partial charge >= 0.3 is 0 Å². The molecule has 2 aromatic rings. The smallest absolute Gasteiger partial charge is 0.252 e. The van der Waals surface area contributed by atoms with Crippen molar-refractivity contribution in [1.29, 1.82) is 0 Å². The Bertz CT molecular complexity index is 495. The number of nitrogens with zero attached hydrogens (tertiary/aromatic N) is 1. The van der Waals surface area contributed by atoms with Crippen molar-refractivity contribution in [2.45, 2.75) is 0 Å². The van der Waals surface area contributed by atoms with Gasteiger partial charge in [-0.2, -0.15) is 0 Å². The summed E-state index contributed by atoms with van der Waals surface area (Å²) in [6.07, 6.45) is 1.58. The number of nitrogens with one attached hydrogen (secondary N) is 1. The van der Waals surface area contributed by atoms with Crippen molar-refractivity contribution in [2.24, 2.45) is 0 Å². The van der Waals surface area contributed by atoms with Crippen molar-refractivity contribution in [1.82, 2.24) is 10.3 Å². The molecule has 1 N–H and O–H groups in total. The van der Waals surface area contributed by atoms with Gasteiger partial charge in [0.05, 0.1) is 19.6 Å². The first-order chi connectivity index (χ1) is 6.70. The molecule has 0 saturated heterocycles. The second-order valence-corrected chi connectivity index (χ2v) is 5.20. The molecule has 2 aromatic heterocycles. The van der Waals surface area contributed by atoms with Gasteiger partial charge in [-0.3, -0.25) is 9.78 Å². The van der Waals surface area contributed by atoms with E-state index in [-0.39, 0.29) is 5.91 Å². The maximum Gasteiger partial charge on any atom is 0.252 e. The Morgan fingerprint density at radius 2 is 2.36 bits per heavy atom. The van der Waals surface area contributed by atoms with Crippen molar-refractivity contribution in [3.05, 3.63) is 27.7 Å². The largest absolute Gasteiger partial charge is 0.355 e. The highest BCUT2D eigenvalue weighted by Crippen LogP contribution is 2.28. The number of fused-ring (bicyclic) bond motifs is 1. The molecule has 3 nitrogen and oxygen atoms in total. The van der Waals surface area contributed by atoms with Crippen LogP contribution in [-0.4, -0.2) is 17.9 Å². The monoisotopic (exact) mass is 270 g/mol. The number of aromatic nitrogens is 1. The minimum Gasteiger partial charge on any atom is -0.355 e. The fourth-order valence-electron chi connectivity index (χ4n) is 1.16. The Hall–Kier alpha value is -0.940. The second-order valence-electron chi connectivity index (χ2n) is 2.74. The van der Waals surface area contributed by atoms with Crippen LogP contribution in [0.15, 0.2) is 22.1 Å². The van der Waals surface area contributed by atoms with Crippen molar-refractivity contribution in [2.75, 3.05) is 7.05 Å². The Morgan fingerprint density at radius 1 is 1.57 bits per heavy atom. The van der Waals surface area contributed by atoms with Crippen LogP contribution in [0.25, 0.3) is 10.2 Å². The molecule has 2 rings (SSSR count). The highest BCUT2D eigenvalue weighted by molar-refractivity contribution is 9.11. The van der Waals surface area contributed by atoms with E-state index in [0.717, 1.165) is 14.0 Å².